The summed E-state index contributed by atoms with van der Waals surface area (Å²) in [5.41, 5.74) is 3.54. The number of hydrazine groups is 1. The summed E-state index contributed by atoms with van der Waals surface area (Å²) in [5, 5.41) is 3.01. The highest BCUT2D eigenvalue weighted by Gasteiger charge is 2.18. The lowest BCUT2D eigenvalue weighted by molar-refractivity contribution is 0.0926. The largest absolute Gasteiger partial charge is 0.349 e. The van der Waals surface area contributed by atoms with Crippen molar-refractivity contribution in [3.05, 3.63) is 24.0 Å². The van der Waals surface area contributed by atoms with Crippen molar-refractivity contribution in [3.8, 4) is 0 Å². The van der Waals surface area contributed by atoms with E-state index in [4.69, 9.17) is 5.84 Å². The third-order valence-corrected chi connectivity index (χ3v) is 3.34. The van der Waals surface area contributed by atoms with Crippen molar-refractivity contribution in [3.63, 3.8) is 0 Å². The van der Waals surface area contributed by atoms with Gasteiger partial charge in [0.05, 0.1) is 17.4 Å². The SMILES string of the molecule is CCC(CC)C(C)NC(=O)c1ccncc1NN. The van der Waals surface area contributed by atoms with Crippen molar-refractivity contribution in [2.45, 2.75) is 39.7 Å². The summed E-state index contributed by atoms with van der Waals surface area (Å²) in [6.45, 7) is 6.30. The Hall–Kier alpha value is -1.62. The molecule has 0 saturated carbocycles. The Balaban J connectivity index is 2.76. The van der Waals surface area contributed by atoms with Crippen LogP contribution in [0.3, 0.4) is 0 Å². The second-order valence-corrected chi connectivity index (χ2v) is 4.40. The van der Waals surface area contributed by atoms with Crippen molar-refractivity contribution in [2.75, 3.05) is 5.43 Å². The lowest BCUT2D eigenvalue weighted by atomic mass is 9.95. The predicted octanol–water partition coefficient (Wildman–Crippen LogP) is 1.92. The van der Waals surface area contributed by atoms with Gasteiger partial charge >= 0.3 is 0 Å². The molecule has 18 heavy (non-hydrogen) atoms. The first-order valence-corrected chi connectivity index (χ1v) is 6.35. The average Bonchev–Trinajstić information content (AvgIpc) is 2.40. The van der Waals surface area contributed by atoms with Gasteiger partial charge in [-0.25, -0.2) is 0 Å². The van der Waals surface area contributed by atoms with Gasteiger partial charge in [0.1, 0.15) is 0 Å². The maximum Gasteiger partial charge on any atom is 0.253 e. The molecule has 0 aliphatic carbocycles. The molecule has 0 spiro atoms. The number of carbonyl (C=O) groups is 1. The fourth-order valence-electron chi connectivity index (χ4n) is 2.11. The molecule has 0 radical (unpaired) electrons. The van der Waals surface area contributed by atoms with Gasteiger partial charge in [0, 0.05) is 12.2 Å². The molecule has 1 atom stereocenters. The fourth-order valence-corrected chi connectivity index (χ4v) is 2.11. The van der Waals surface area contributed by atoms with Crippen LogP contribution in [0.25, 0.3) is 0 Å². The number of aromatic nitrogens is 1. The van der Waals surface area contributed by atoms with Crippen LogP contribution in [0.5, 0.6) is 0 Å². The number of anilines is 1. The molecule has 1 unspecified atom stereocenters. The Bertz CT molecular complexity index is 390. The van der Waals surface area contributed by atoms with E-state index in [1.54, 1.807) is 12.3 Å². The maximum atomic E-state index is 12.1. The van der Waals surface area contributed by atoms with Crippen molar-refractivity contribution in [1.82, 2.24) is 10.3 Å². The zero-order chi connectivity index (χ0) is 13.5. The summed E-state index contributed by atoms with van der Waals surface area (Å²) < 4.78 is 0. The van der Waals surface area contributed by atoms with Crippen LogP contribution >= 0.6 is 0 Å². The van der Waals surface area contributed by atoms with Crippen molar-refractivity contribution >= 4 is 11.6 Å². The van der Waals surface area contributed by atoms with Gasteiger partial charge in [-0.2, -0.15) is 0 Å². The fraction of sp³-hybridized carbons (Fsp3) is 0.538. The maximum absolute atomic E-state index is 12.1. The number of pyridine rings is 1. The van der Waals surface area contributed by atoms with Crippen LogP contribution in [0.4, 0.5) is 5.69 Å². The molecule has 0 aromatic carbocycles. The molecule has 0 bridgehead atoms. The van der Waals surface area contributed by atoms with Gasteiger partial charge in [-0.05, 0) is 18.9 Å². The van der Waals surface area contributed by atoms with Gasteiger partial charge in [0.2, 0.25) is 0 Å². The molecule has 1 rings (SSSR count). The first-order valence-electron chi connectivity index (χ1n) is 6.35. The Morgan fingerprint density at radius 3 is 2.67 bits per heavy atom. The van der Waals surface area contributed by atoms with E-state index in [1.807, 2.05) is 6.92 Å². The van der Waals surface area contributed by atoms with Crippen LogP contribution in [0, 0.1) is 5.92 Å². The molecule has 0 aliphatic heterocycles. The Kier molecular flexibility index (Phi) is 5.58. The lowest BCUT2D eigenvalue weighted by Gasteiger charge is -2.22. The topological polar surface area (TPSA) is 80.0 Å². The van der Waals surface area contributed by atoms with E-state index in [0.29, 0.717) is 17.2 Å². The molecule has 100 valence electrons. The number of nitrogen functional groups attached to an aromatic ring is 1. The Morgan fingerprint density at radius 2 is 2.11 bits per heavy atom. The minimum atomic E-state index is -0.121. The van der Waals surface area contributed by atoms with E-state index in [0.717, 1.165) is 12.8 Å². The van der Waals surface area contributed by atoms with Gasteiger partial charge in [-0.3, -0.25) is 15.6 Å². The predicted molar refractivity (Wildman–Crippen MR) is 73.0 cm³/mol. The standard InChI is InChI=1S/C13H22N4O/c1-4-10(5-2)9(3)16-13(18)11-6-7-15-8-12(11)17-14/h6-10,17H,4-5,14H2,1-3H3,(H,16,18). The van der Waals surface area contributed by atoms with Gasteiger partial charge in [0.15, 0.2) is 0 Å². The third-order valence-electron chi connectivity index (χ3n) is 3.34. The molecule has 1 aromatic heterocycles. The van der Waals surface area contributed by atoms with Gasteiger partial charge in [-0.1, -0.05) is 26.7 Å². The van der Waals surface area contributed by atoms with Crippen LogP contribution in [0.15, 0.2) is 18.5 Å². The molecular weight excluding hydrogens is 228 g/mol. The smallest absolute Gasteiger partial charge is 0.253 e. The summed E-state index contributed by atoms with van der Waals surface area (Å²) >= 11 is 0. The summed E-state index contributed by atoms with van der Waals surface area (Å²) in [5.74, 6) is 5.73. The monoisotopic (exact) mass is 250 g/mol. The van der Waals surface area contributed by atoms with E-state index < -0.39 is 0 Å². The molecule has 1 amide bonds. The van der Waals surface area contributed by atoms with E-state index in [9.17, 15) is 4.79 Å². The first-order chi connectivity index (χ1) is 8.63. The molecule has 1 heterocycles. The van der Waals surface area contributed by atoms with Gasteiger partial charge in [0.25, 0.3) is 5.91 Å². The van der Waals surface area contributed by atoms with Crippen molar-refractivity contribution in [1.29, 1.82) is 0 Å². The molecular formula is C13H22N4O. The number of hydrogen-bond acceptors (Lipinski definition) is 4. The number of amides is 1. The number of carbonyl (C=O) groups excluding carboxylic acids is 1. The lowest BCUT2D eigenvalue weighted by Crippen LogP contribution is -2.38. The second kappa shape index (κ2) is 6.96. The summed E-state index contributed by atoms with van der Waals surface area (Å²) in [7, 11) is 0. The van der Waals surface area contributed by atoms with E-state index in [-0.39, 0.29) is 11.9 Å². The zero-order valence-corrected chi connectivity index (χ0v) is 11.2. The molecule has 5 nitrogen and oxygen atoms in total. The number of rotatable bonds is 6. The van der Waals surface area contributed by atoms with Gasteiger partial charge in [-0.15, -0.1) is 0 Å². The zero-order valence-electron chi connectivity index (χ0n) is 11.2. The molecule has 1 aromatic rings. The Morgan fingerprint density at radius 1 is 1.44 bits per heavy atom. The molecule has 4 N–H and O–H groups in total. The highest BCUT2D eigenvalue weighted by atomic mass is 16.1. The number of hydrogen-bond donors (Lipinski definition) is 3. The number of nitrogens with zero attached hydrogens (tertiary/aromatic N) is 1. The molecule has 0 fully saturated rings. The van der Waals surface area contributed by atoms with Gasteiger partial charge < -0.3 is 10.7 Å². The highest BCUT2D eigenvalue weighted by Crippen LogP contribution is 2.15. The second-order valence-electron chi connectivity index (χ2n) is 4.40. The normalized spacial score (nSPS) is 12.3. The molecule has 0 aliphatic rings. The van der Waals surface area contributed by atoms with Crippen LogP contribution < -0.4 is 16.6 Å². The van der Waals surface area contributed by atoms with E-state index in [2.05, 4.69) is 29.6 Å². The van der Waals surface area contributed by atoms with Crippen LogP contribution in [0.2, 0.25) is 0 Å². The third kappa shape index (κ3) is 3.43. The molecule has 0 saturated heterocycles. The van der Waals surface area contributed by atoms with Crippen molar-refractivity contribution in [2.24, 2.45) is 11.8 Å². The van der Waals surface area contributed by atoms with Crippen LogP contribution in [0.1, 0.15) is 44.0 Å². The van der Waals surface area contributed by atoms with E-state index in [1.165, 1.54) is 6.20 Å². The average molecular weight is 250 g/mol. The van der Waals surface area contributed by atoms with Crippen molar-refractivity contribution < 1.29 is 4.79 Å². The van der Waals surface area contributed by atoms with E-state index >= 15 is 0 Å². The quantitative estimate of drug-likeness (QED) is 0.532. The minimum Gasteiger partial charge on any atom is -0.349 e. The summed E-state index contributed by atoms with van der Waals surface area (Å²) in [6.07, 6.45) is 5.22. The van der Waals surface area contributed by atoms with Crippen LogP contribution in [-0.2, 0) is 0 Å². The summed E-state index contributed by atoms with van der Waals surface area (Å²) in [6, 6.07) is 1.80. The van der Waals surface area contributed by atoms with Crippen LogP contribution in [-0.4, -0.2) is 16.9 Å². The highest BCUT2D eigenvalue weighted by molar-refractivity contribution is 5.99. The first kappa shape index (κ1) is 14.4. The number of nitrogens with one attached hydrogen (secondary N) is 2. The number of nitrogens with two attached hydrogens (primary N) is 1. The Labute approximate surface area is 108 Å². The molecule has 5 heteroatoms. The minimum absolute atomic E-state index is 0.121. The summed E-state index contributed by atoms with van der Waals surface area (Å²) in [4.78, 5) is 16.1.